The Morgan fingerprint density at radius 1 is 1.03 bits per heavy atom. The Bertz CT molecular complexity index is 1370. The van der Waals surface area contributed by atoms with Crippen LogP contribution in [-0.2, 0) is 0 Å². The summed E-state index contributed by atoms with van der Waals surface area (Å²) in [5, 5.41) is 12.5. The number of hydrogen-bond acceptors (Lipinski definition) is 9. The molecule has 11 heteroatoms. The molecule has 37 heavy (non-hydrogen) atoms. The zero-order chi connectivity index (χ0) is 25.8. The number of aryl methyl sites for hydroxylation is 1. The average molecular weight is 521 g/mol. The van der Waals surface area contributed by atoms with Crippen LogP contribution in [0.1, 0.15) is 12.3 Å². The Morgan fingerprint density at radius 2 is 1.86 bits per heavy atom. The summed E-state index contributed by atoms with van der Waals surface area (Å²) in [6, 6.07) is 13.4. The molecule has 0 bridgehead atoms. The standard InChI is InChI=1S/C26H28N6O4S/c1-17-27-16-23(36-17)21-10-7-19(15-22(21)35-3)31-11-4-12-32(14-13-31)26(33)28-25-30-29-24(37-25)18-5-8-20(34-2)9-6-18/h5-10,15-16H,4,11-14H2,1-3H3,(H,28,30,33). The van der Waals surface area contributed by atoms with Gasteiger partial charge in [0.2, 0.25) is 5.13 Å². The third-order valence-corrected chi connectivity index (χ3v) is 7.08. The first-order valence-corrected chi connectivity index (χ1v) is 12.8. The summed E-state index contributed by atoms with van der Waals surface area (Å²) in [5.41, 5.74) is 2.81. The largest absolute Gasteiger partial charge is 0.497 e. The van der Waals surface area contributed by atoms with Crippen LogP contribution in [-0.4, -0.2) is 66.5 Å². The number of rotatable bonds is 6. The Morgan fingerprint density at radius 3 is 2.59 bits per heavy atom. The van der Waals surface area contributed by atoms with Crippen molar-refractivity contribution in [2.45, 2.75) is 13.3 Å². The Labute approximate surface area is 218 Å². The molecule has 2 aromatic carbocycles. The van der Waals surface area contributed by atoms with Crippen molar-refractivity contribution in [3.8, 4) is 33.4 Å². The lowest BCUT2D eigenvalue weighted by Gasteiger charge is -2.24. The molecule has 4 aromatic rings. The van der Waals surface area contributed by atoms with Crippen molar-refractivity contribution in [1.82, 2.24) is 20.1 Å². The third-order valence-electron chi connectivity index (χ3n) is 6.20. The molecule has 1 fully saturated rings. The summed E-state index contributed by atoms with van der Waals surface area (Å²) in [6.07, 6.45) is 2.54. The van der Waals surface area contributed by atoms with Crippen LogP contribution in [0.25, 0.3) is 21.9 Å². The van der Waals surface area contributed by atoms with Gasteiger partial charge >= 0.3 is 6.03 Å². The fraction of sp³-hybridized carbons (Fsp3) is 0.308. The fourth-order valence-electron chi connectivity index (χ4n) is 4.24. The van der Waals surface area contributed by atoms with E-state index in [1.54, 1.807) is 20.4 Å². The van der Waals surface area contributed by atoms with Gasteiger partial charge in [0.05, 0.1) is 26.0 Å². The molecule has 5 rings (SSSR count). The van der Waals surface area contributed by atoms with Gasteiger partial charge in [-0.15, -0.1) is 10.2 Å². The smallest absolute Gasteiger partial charge is 0.323 e. The molecule has 0 saturated carbocycles. The van der Waals surface area contributed by atoms with E-state index in [1.165, 1.54) is 11.3 Å². The molecule has 1 aliphatic rings. The van der Waals surface area contributed by atoms with Crippen LogP contribution in [0, 0.1) is 6.92 Å². The van der Waals surface area contributed by atoms with Gasteiger partial charge in [-0.1, -0.05) is 11.3 Å². The number of nitrogens with one attached hydrogen (secondary N) is 1. The van der Waals surface area contributed by atoms with Crippen molar-refractivity contribution in [3.63, 3.8) is 0 Å². The summed E-state index contributed by atoms with van der Waals surface area (Å²) in [7, 11) is 3.27. The Kier molecular flexibility index (Phi) is 7.22. The maximum absolute atomic E-state index is 13.0. The lowest BCUT2D eigenvalue weighted by atomic mass is 10.1. The van der Waals surface area contributed by atoms with Crippen LogP contribution in [0.15, 0.2) is 53.1 Å². The second kappa shape index (κ2) is 10.9. The van der Waals surface area contributed by atoms with E-state index >= 15 is 0 Å². The molecule has 0 spiro atoms. The number of anilines is 2. The number of methoxy groups -OCH3 is 2. The first kappa shape index (κ1) is 24.6. The van der Waals surface area contributed by atoms with E-state index < -0.39 is 0 Å². The number of hydrogen-bond donors (Lipinski definition) is 1. The van der Waals surface area contributed by atoms with Crippen molar-refractivity contribution in [2.75, 3.05) is 50.6 Å². The number of oxazole rings is 1. The quantitative estimate of drug-likeness (QED) is 0.382. The monoisotopic (exact) mass is 520 g/mol. The maximum atomic E-state index is 13.0. The molecule has 10 nitrogen and oxygen atoms in total. The normalized spacial score (nSPS) is 13.8. The van der Waals surface area contributed by atoms with E-state index in [2.05, 4.69) is 25.4 Å². The van der Waals surface area contributed by atoms with Gasteiger partial charge in [0.15, 0.2) is 11.7 Å². The SMILES string of the molecule is COc1ccc(-c2nnc(NC(=O)N3CCCN(c4ccc(-c5cnc(C)o5)c(OC)c4)CC3)s2)cc1. The summed E-state index contributed by atoms with van der Waals surface area (Å²) in [6.45, 7) is 4.58. The Hall–Kier alpha value is -4.12. The first-order chi connectivity index (χ1) is 18.0. The van der Waals surface area contributed by atoms with Gasteiger partial charge in [0.25, 0.3) is 0 Å². The lowest BCUT2D eigenvalue weighted by molar-refractivity contribution is 0.215. The molecule has 0 unspecified atom stereocenters. The molecule has 1 N–H and O–H groups in total. The van der Waals surface area contributed by atoms with E-state index in [0.29, 0.717) is 36.4 Å². The molecule has 1 aliphatic heterocycles. The summed E-state index contributed by atoms with van der Waals surface area (Å²) in [5.74, 6) is 2.77. The molecule has 0 atom stereocenters. The van der Waals surface area contributed by atoms with Gasteiger partial charge in [0, 0.05) is 50.4 Å². The molecule has 0 radical (unpaired) electrons. The van der Waals surface area contributed by atoms with Crippen LogP contribution in [0.3, 0.4) is 0 Å². The predicted molar refractivity (Wildman–Crippen MR) is 143 cm³/mol. The maximum Gasteiger partial charge on any atom is 0.323 e. The second-order valence-corrected chi connectivity index (χ2v) is 9.50. The van der Waals surface area contributed by atoms with Crippen LogP contribution in [0.5, 0.6) is 11.5 Å². The van der Waals surface area contributed by atoms with Crippen LogP contribution in [0.2, 0.25) is 0 Å². The highest BCUT2D eigenvalue weighted by atomic mass is 32.1. The van der Waals surface area contributed by atoms with Gasteiger partial charge in [-0.25, -0.2) is 9.78 Å². The highest BCUT2D eigenvalue weighted by molar-refractivity contribution is 7.18. The van der Waals surface area contributed by atoms with Gasteiger partial charge in [-0.05, 0) is 42.8 Å². The van der Waals surface area contributed by atoms with E-state index in [1.807, 2.05) is 54.3 Å². The van der Waals surface area contributed by atoms with Crippen molar-refractivity contribution < 1.29 is 18.7 Å². The Balaban J connectivity index is 1.21. The fourth-order valence-corrected chi connectivity index (χ4v) is 4.98. The topological polar surface area (TPSA) is 106 Å². The van der Waals surface area contributed by atoms with Gasteiger partial charge < -0.3 is 23.7 Å². The minimum atomic E-state index is -0.173. The number of nitrogens with zero attached hydrogens (tertiary/aromatic N) is 5. The minimum Gasteiger partial charge on any atom is -0.497 e. The highest BCUT2D eigenvalue weighted by Gasteiger charge is 2.22. The predicted octanol–water partition coefficient (Wildman–Crippen LogP) is 4.93. The van der Waals surface area contributed by atoms with Crippen molar-refractivity contribution in [3.05, 3.63) is 54.6 Å². The van der Waals surface area contributed by atoms with Gasteiger partial charge in [0.1, 0.15) is 16.5 Å². The lowest BCUT2D eigenvalue weighted by Crippen LogP contribution is -2.38. The van der Waals surface area contributed by atoms with Crippen LogP contribution >= 0.6 is 11.3 Å². The number of carbonyl (C=O) groups is 1. The van der Waals surface area contributed by atoms with Gasteiger partial charge in [-0.2, -0.15) is 0 Å². The van der Waals surface area contributed by atoms with Gasteiger partial charge in [-0.3, -0.25) is 5.32 Å². The zero-order valence-electron chi connectivity index (χ0n) is 20.9. The number of amides is 2. The molecular weight excluding hydrogens is 492 g/mol. The molecule has 3 heterocycles. The highest BCUT2D eigenvalue weighted by Crippen LogP contribution is 2.34. The molecular formula is C26H28N6O4S. The number of carbonyl (C=O) groups excluding carboxylic acids is 1. The molecule has 192 valence electrons. The summed E-state index contributed by atoms with van der Waals surface area (Å²) in [4.78, 5) is 21.2. The van der Waals surface area contributed by atoms with Crippen molar-refractivity contribution >= 4 is 28.2 Å². The number of aromatic nitrogens is 3. The van der Waals surface area contributed by atoms with Crippen LogP contribution in [0.4, 0.5) is 15.6 Å². The van der Waals surface area contributed by atoms with Crippen LogP contribution < -0.4 is 19.7 Å². The molecule has 2 aromatic heterocycles. The molecule has 2 amide bonds. The van der Waals surface area contributed by atoms with E-state index in [0.717, 1.165) is 46.3 Å². The number of urea groups is 1. The second-order valence-electron chi connectivity index (χ2n) is 8.53. The summed E-state index contributed by atoms with van der Waals surface area (Å²) < 4.78 is 16.5. The third kappa shape index (κ3) is 5.51. The average Bonchev–Trinajstić information content (AvgIpc) is 3.50. The minimum absolute atomic E-state index is 0.173. The first-order valence-electron chi connectivity index (χ1n) is 11.9. The van der Waals surface area contributed by atoms with E-state index in [4.69, 9.17) is 13.9 Å². The molecule has 1 saturated heterocycles. The molecule has 0 aliphatic carbocycles. The summed E-state index contributed by atoms with van der Waals surface area (Å²) >= 11 is 1.34. The number of ether oxygens (including phenoxy) is 2. The van der Waals surface area contributed by atoms with E-state index in [-0.39, 0.29) is 6.03 Å². The zero-order valence-corrected chi connectivity index (χ0v) is 21.7. The number of benzene rings is 2. The van der Waals surface area contributed by atoms with E-state index in [9.17, 15) is 4.79 Å². The van der Waals surface area contributed by atoms with Crippen molar-refractivity contribution in [2.24, 2.45) is 0 Å². The van der Waals surface area contributed by atoms with Crippen molar-refractivity contribution in [1.29, 1.82) is 0 Å².